The van der Waals surface area contributed by atoms with Crippen LogP contribution < -0.4 is 5.32 Å². The van der Waals surface area contributed by atoms with E-state index in [2.05, 4.69) is 33.8 Å². The molecular weight excluding hydrogens is 583 g/mol. The summed E-state index contributed by atoms with van der Waals surface area (Å²) in [5.74, 6) is -0.666. The van der Waals surface area contributed by atoms with Crippen LogP contribution in [0.4, 0.5) is 4.39 Å². The molecule has 1 atom stereocenters. The Labute approximate surface area is 257 Å². The van der Waals surface area contributed by atoms with Gasteiger partial charge in [-0.25, -0.2) is 9.37 Å². The molecule has 1 aromatic carbocycles. The van der Waals surface area contributed by atoms with E-state index in [1.807, 2.05) is 36.6 Å². The van der Waals surface area contributed by atoms with Crippen molar-refractivity contribution in [3.05, 3.63) is 84.0 Å². The molecule has 5 rings (SSSR count). The van der Waals surface area contributed by atoms with Crippen LogP contribution in [-0.2, 0) is 20.8 Å². The number of hydrogen-bond donors (Lipinski definition) is 3. The molecule has 4 aromatic heterocycles. The zero-order valence-corrected chi connectivity index (χ0v) is 25.5. The third kappa shape index (κ3) is 6.05. The molecule has 5 aromatic rings. The van der Waals surface area contributed by atoms with Gasteiger partial charge < -0.3 is 19.9 Å². The van der Waals surface area contributed by atoms with Crippen molar-refractivity contribution in [3.63, 3.8) is 0 Å². The van der Waals surface area contributed by atoms with Crippen molar-refractivity contribution in [2.45, 2.75) is 26.4 Å². The molecule has 0 saturated heterocycles. The number of aromatic amines is 1. The third-order valence-electron chi connectivity index (χ3n) is 7.12. The number of carbonyl (C=O) groups excluding carboxylic acids is 1. The number of amides is 1. The number of benzene rings is 1. The van der Waals surface area contributed by atoms with E-state index < -0.39 is 11.9 Å². The number of fused-ring (bicyclic) bond motifs is 2. The third-order valence-corrected chi connectivity index (χ3v) is 8.05. The lowest BCUT2D eigenvalue weighted by Gasteiger charge is -2.18. The number of methoxy groups -OCH3 is 1. The van der Waals surface area contributed by atoms with Crippen LogP contribution in [0.1, 0.15) is 31.1 Å². The highest BCUT2D eigenvalue weighted by molar-refractivity contribution is 7.17. The number of hydrogen-bond acceptors (Lipinski definition) is 8. The number of thiophene rings is 1. The second kappa shape index (κ2) is 13.3. The van der Waals surface area contributed by atoms with Crippen molar-refractivity contribution in [2.24, 2.45) is 0 Å². The van der Waals surface area contributed by atoms with E-state index in [0.29, 0.717) is 41.5 Å². The largest absolute Gasteiger partial charge is 0.491 e. The smallest absolute Gasteiger partial charge is 0.243 e. The van der Waals surface area contributed by atoms with Gasteiger partial charge in [0.1, 0.15) is 29.6 Å². The monoisotopic (exact) mass is 616 g/mol. The number of halogens is 1. The molecule has 0 aliphatic heterocycles. The first-order chi connectivity index (χ1) is 21.3. The molecule has 0 spiro atoms. The van der Waals surface area contributed by atoms with Crippen molar-refractivity contribution in [1.29, 1.82) is 0 Å². The predicted octanol–water partition coefficient (Wildman–Crippen LogP) is 5.94. The SMILES string of the molecule is C=CC(=O)N[C@H](C)c1cc(-c2nc(-c3ccc4c(cnn4CCO)c3)c3ccsc3c2C(C(=C)OCCOC)=C(C)F)n[nH]1. The van der Waals surface area contributed by atoms with Gasteiger partial charge in [-0.2, -0.15) is 10.2 Å². The van der Waals surface area contributed by atoms with Gasteiger partial charge in [-0.3, -0.25) is 14.6 Å². The molecule has 1 amide bonds. The summed E-state index contributed by atoms with van der Waals surface area (Å²) < 4.78 is 28.9. The Bertz CT molecular complexity index is 1880. The van der Waals surface area contributed by atoms with Gasteiger partial charge in [-0.15, -0.1) is 11.3 Å². The second-order valence-electron chi connectivity index (χ2n) is 10.0. The summed E-state index contributed by atoms with van der Waals surface area (Å²) in [6.45, 7) is 11.6. The number of aliphatic hydroxyl groups is 1. The number of nitrogens with one attached hydrogen (secondary N) is 2. The lowest BCUT2D eigenvalue weighted by molar-refractivity contribution is -0.117. The fourth-order valence-electron chi connectivity index (χ4n) is 5.02. The minimum absolute atomic E-state index is 0.0215. The zero-order chi connectivity index (χ0) is 31.4. The van der Waals surface area contributed by atoms with Crippen molar-refractivity contribution in [1.82, 2.24) is 30.3 Å². The fraction of sp³-hybridized carbons (Fsp3) is 0.250. The predicted molar refractivity (Wildman–Crippen MR) is 170 cm³/mol. The van der Waals surface area contributed by atoms with Gasteiger partial charge in [0, 0.05) is 33.7 Å². The lowest BCUT2D eigenvalue weighted by Crippen LogP contribution is -2.24. The lowest BCUT2D eigenvalue weighted by atomic mass is 9.96. The van der Waals surface area contributed by atoms with Gasteiger partial charge >= 0.3 is 0 Å². The standard InChI is InChI=1S/C32H33FN6O4S/c1-6-27(41)35-19(3)24-16-25(38-37-24)31-29(28(18(2)33)20(4)43-13-12-42-5)32-23(9-14-44-32)30(36-31)21-7-8-26-22(15-21)17-34-39(26)10-11-40/h6-9,14-17,19,40H,1,4,10-13H2,2-3,5H3,(H,35,41)(H,37,38)/t19-/m1/s1. The molecule has 12 heteroatoms. The normalized spacial score (nSPS) is 12.8. The highest BCUT2D eigenvalue weighted by atomic mass is 32.1. The van der Waals surface area contributed by atoms with E-state index >= 15 is 4.39 Å². The second-order valence-corrected chi connectivity index (χ2v) is 10.9. The molecule has 44 heavy (non-hydrogen) atoms. The Kier molecular flexibility index (Phi) is 9.33. The fourth-order valence-corrected chi connectivity index (χ4v) is 5.97. The number of carbonyl (C=O) groups is 1. The van der Waals surface area contributed by atoms with Gasteiger partial charge in [0.2, 0.25) is 5.91 Å². The molecular formula is C32H33FN6O4S. The molecule has 0 aliphatic carbocycles. The maximum atomic E-state index is 15.5. The van der Waals surface area contributed by atoms with Crippen LogP contribution in [0.3, 0.4) is 0 Å². The van der Waals surface area contributed by atoms with Gasteiger partial charge in [0.15, 0.2) is 0 Å². The van der Waals surface area contributed by atoms with E-state index in [1.165, 1.54) is 24.3 Å². The quantitative estimate of drug-likeness (QED) is 0.0647. The van der Waals surface area contributed by atoms with Crippen LogP contribution >= 0.6 is 11.3 Å². The summed E-state index contributed by atoms with van der Waals surface area (Å²) in [6.07, 6.45) is 2.95. The van der Waals surface area contributed by atoms with Gasteiger partial charge in [-0.1, -0.05) is 19.2 Å². The van der Waals surface area contributed by atoms with Gasteiger partial charge in [0.25, 0.3) is 0 Å². The van der Waals surface area contributed by atoms with Crippen LogP contribution in [0.5, 0.6) is 0 Å². The van der Waals surface area contributed by atoms with E-state index in [0.717, 1.165) is 26.6 Å². The van der Waals surface area contributed by atoms with Crippen molar-refractivity contribution >= 4 is 43.8 Å². The highest BCUT2D eigenvalue weighted by Gasteiger charge is 2.26. The molecule has 4 heterocycles. The van der Waals surface area contributed by atoms with Crippen LogP contribution in [-0.4, -0.2) is 62.9 Å². The number of pyridine rings is 1. The summed E-state index contributed by atoms with van der Waals surface area (Å²) in [6, 6.07) is 9.22. The summed E-state index contributed by atoms with van der Waals surface area (Å²) in [4.78, 5) is 17.1. The summed E-state index contributed by atoms with van der Waals surface area (Å²) in [5, 5.41) is 27.8. The number of aliphatic hydroxyl groups excluding tert-OH is 1. The molecule has 0 bridgehead atoms. The van der Waals surface area contributed by atoms with Crippen LogP contribution in [0.25, 0.3) is 49.2 Å². The van der Waals surface area contributed by atoms with E-state index in [4.69, 9.17) is 14.5 Å². The molecule has 0 fully saturated rings. The number of allylic oxidation sites excluding steroid dienone is 2. The van der Waals surface area contributed by atoms with E-state index in [-0.39, 0.29) is 30.5 Å². The number of H-pyrrole nitrogens is 1. The molecule has 0 aliphatic rings. The number of ether oxygens (including phenoxy) is 2. The molecule has 228 valence electrons. The number of aromatic nitrogens is 5. The first-order valence-electron chi connectivity index (χ1n) is 13.9. The average Bonchev–Trinajstić information content (AvgIpc) is 3.78. The summed E-state index contributed by atoms with van der Waals surface area (Å²) >= 11 is 1.45. The topological polar surface area (TPSA) is 127 Å². The summed E-state index contributed by atoms with van der Waals surface area (Å²) in [5.41, 5.74) is 4.57. The van der Waals surface area contributed by atoms with Crippen molar-refractivity contribution < 1.29 is 23.8 Å². The van der Waals surface area contributed by atoms with Crippen LogP contribution in [0.2, 0.25) is 0 Å². The molecule has 3 N–H and O–H groups in total. The van der Waals surface area contributed by atoms with Gasteiger partial charge in [-0.05, 0) is 49.6 Å². The maximum absolute atomic E-state index is 15.5. The number of nitrogens with zero attached hydrogens (tertiary/aromatic N) is 4. The minimum Gasteiger partial charge on any atom is -0.491 e. The van der Waals surface area contributed by atoms with Crippen molar-refractivity contribution in [3.8, 4) is 22.6 Å². The Hall–Kier alpha value is -4.65. The molecule has 0 unspecified atom stereocenters. The maximum Gasteiger partial charge on any atom is 0.243 e. The van der Waals surface area contributed by atoms with Gasteiger partial charge in [0.05, 0.1) is 54.5 Å². The Morgan fingerprint density at radius 3 is 2.82 bits per heavy atom. The highest BCUT2D eigenvalue weighted by Crippen LogP contribution is 2.44. The molecule has 10 nitrogen and oxygen atoms in total. The van der Waals surface area contributed by atoms with Crippen molar-refractivity contribution in [2.75, 3.05) is 26.9 Å². The Morgan fingerprint density at radius 2 is 2.09 bits per heavy atom. The molecule has 0 saturated carbocycles. The van der Waals surface area contributed by atoms with Crippen LogP contribution in [0.15, 0.2) is 72.7 Å². The first kappa shape index (κ1) is 30.8. The van der Waals surface area contributed by atoms with E-state index in [9.17, 15) is 9.90 Å². The summed E-state index contributed by atoms with van der Waals surface area (Å²) in [7, 11) is 1.56. The zero-order valence-electron chi connectivity index (χ0n) is 24.7. The Morgan fingerprint density at radius 1 is 1.27 bits per heavy atom. The molecule has 0 radical (unpaired) electrons. The average molecular weight is 617 g/mol. The first-order valence-corrected chi connectivity index (χ1v) is 14.8. The van der Waals surface area contributed by atoms with Crippen LogP contribution in [0, 0.1) is 0 Å². The van der Waals surface area contributed by atoms with E-state index in [1.54, 1.807) is 24.1 Å². The minimum atomic E-state index is -0.488. The number of rotatable bonds is 13. The Balaban J connectivity index is 1.72.